The van der Waals surface area contributed by atoms with E-state index in [4.69, 9.17) is 4.74 Å². The van der Waals surface area contributed by atoms with Crippen LogP contribution in [0.3, 0.4) is 0 Å². The van der Waals surface area contributed by atoms with Crippen LogP contribution in [0.15, 0.2) is 28.6 Å². The van der Waals surface area contributed by atoms with Crippen LogP contribution in [0.4, 0.5) is 5.13 Å². The Morgan fingerprint density at radius 3 is 2.89 bits per heavy atom. The number of aryl methyl sites for hydroxylation is 1. The number of amides is 1. The molecule has 1 N–H and O–H groups in total. The number of thioether (sulfide) groups is 1. The highest BCUT2D eigenvalue weighted by atomic mass is 32.2. The molecule has 0 spiro atoms. The molecule has 1 aromatic carbocycles. The van der Waals surface area contributed by atoms with E-state index < -0.39 is 0 Å². The second kappa shape index (κ2) is 6.53. The van der Waals surface area contributed by atoms with E-state index in [1.807, 2.05) is 37.4 Å². The van der Waals surface area contributed by atoms with Crippen LogP contribution >= 0.6 is 23.1 Å². The van der Waals surface area contributed by atoms with Gasteiger partial charge in [0, 0.05) is 0 Å². The van der Waals surface area contributed by atoms with E-state index in [1.54, 1.807) is 0 Å². The highest BCUT2D eigenvalue weighted by molar-refractivity contribution is 8.00. The highest BCUT2D eigenvalue weighted by Gasteiger charge is 2.08. The number of carbonyl (C=O) groups is 1. The lowest BCUT2D eigenvalue weighted by molar-refractivity contribution is -0.118. The quantitative estimate of drug-likeness (QED) is 0.678. The number of carbonyl (C=O) groups excluding carboxylic acids is 1. The average Bonchev–Trinajstić information content (AvgIpc) is 2.85. The van der Waals surface area contributed by atoms with E-state index in [1.165, 1.54) is 23.1 Å². The Labute approximate surface area is 119 Å². The molecule has 0 saturated carbocycles. The van der Waals surface area contributed by atoms with Gasteiger partial charge in [0.25, 0.3) is 5.91 Å². The van der Waals surface area contributed by atoms with Gasteiger partial charge in [-0.1, -0.05) is 41.3 Å². The van der Waals surface area contributed by atoms with Gasteiger partial charge in [0.1, 0.15) is 5.75 Å². The van der Waals surface area contributed by atoms with Crippen LogP contribution in [-0.2, 0) is 4.79 Å². The first-order valence-corrected chi connectivity index (χ1v) is 7.59. The molecule has 0 aliphatic heterocycles. The van der Waals surface area contributed by atoms with E-state index in [-0.39, 0.29) is 12.5 Å². The van der Waals surface area contributed by atoms with Crippen LogP contribution in [0.1, 0.15) is 5.56 Å². The fourth-order valence-corrected chi connectivity index (χ4v) is 2.55. The molecule has 100 valence electrons. The van der Waals surface area contributed by atoms with E-state index in [0.29, 0.717) is 10.9 Å². The molecule has 1 heterocycles. The van der Waals surface area contributed by atoms with Crippen LogP contribution in [0.5, 0.6) is 5.75 Å². The van der Waals surface area contributed by atoms with Crippen molar-refractivity contribution in [2.24, 2.45) is 0 Å². The maximum Gasteiger partial charge on any atom is 0.264 e. The second-order valence-electron chi connectivity index (χ2n) is 3.68. The number of aromatic nitrogens is 2. The van der Waals surface area contributed by atoms with E-state index in [2.05, 4.69) is 15.5 Å². The lowest BCUT2D eigenvalue weighted by atomic mass is 10.2. The Hall–Kier alpha value is -1.60. The van der Waals surface area contributed by atoms with Gasteiger partial charge in [-0.15, -0.1) is 10.2 Å². The molecule has 2 aromatic rings. The summed E-state index contributed by atoms with van der Waals surface area (Å²) in [6, 6.07) is 7.56. The van der Waals surface area contributed by atoms with Crippen molar-refractivity contribution in [2.45, 2.75) is 11.3 Å². The standard InChI is InChI=1S/C12H13N3O2S2/c1-8-5-3-4-6-9(8)17-7-10(16)13-11-14-15-12(18-2)19-11/h3-6H,7H2,1-2H3,(H,13,14,16). The van der Waals surface area contributed by atoms with Crippen molar-refractivity contribution >= 4 is 34.1 Å². The maximum atomic E-state index is 11.7. The molecule has 1 amide bonds. The van der Waals surface area contributed by atoms with Crippen LogP contribution in [0.2, 0.25) is 0 Å². The van der Waals surface area contributed by atoms with Crippen molar-refractivity contribution in [2.75, 3.05) is 18.2 Å². The number of para-hydroxylation sites is 1. The third-order valence-electron chi connectivity index (χ3n) is 2.28. The number of nitrogens with zero attached hydrogens (tertiary/aromatic N) is 2. The molecule has 0 atom stereocenters. The van der Waals surface area contributed by atoms with Gasteiger partial charge in [-0.2, -0.15) is 0 Å². The Morgan fingerprint density at radius 2 is 2.21 bits per heavy atom. The summed E-state index contributed by atoms with van der Waals surface area (Å²) in [5.41, 5.74) is 0.996. The fourth-order valence-electron chi connectivity index (χ4n) is 1.36. The zero-order chi connectivity index (χ0) is 13.7. The summed E-state index contributed by atoms with van der Waals surface area (Å²) in [7, 11) is 0. The third-order valence-corrected chi connectivity index (χ3v) is 4.09. The molecular formula is C12H13N3O2S2. The molecule has 0 unspecified atom stereocenters. The minimum atomic E-state index is -0.243. The number of anilines is 1. The van der Waals surface area contributed by atoms with Crippen LogP contribution in [0, 0.1) is 6.92 Å². The first-order valence-electron chi connectivity index (χ1n) is 5.55. The molecule has 0 saturated heterocycles. The Morgan fingerprint density at radius 1 is 1.42 bits per heavy atom. The summed E-state index contributed by atoms with van der Waals surface area (Å²) in [6.45, 7) is 1.89. The van der Waals surface area contributed by atoms with Gasteiger partial charge in [-0.3, -0.25) is 10.1 Å². The number of nitrogens with one attached hydrogen (secondary N) is 1. The van der Waals surface area contributed by atoms with Gasteiger partial charge >= 0.3 is 0 Å². The summed E-state index contributed by atoms with van der Waals surface area (Å²) in [5.74, 6) is 0.465. The predicted octanol–water partition coefficient (Wildman–Crippen LogP) is 2.59. The molecule has 7 heteroatoms. The molecule has 19 heavy (non-hydrogen) atoms. The van der Waals surface area contributed by atoms with Crippen molar-refractivity contribution in [3.8, 4) is 5.75 Å². The van der Waals surface area contributed by atoms with Gasteiger partial charge < -0.3 is 4.74 Å². The molecule has 0 aliphatic rings. The summed E-state index contributed by atoms with van der Waals surface area (Å²) in [4.78, 5) is 11.7. The number of hydrogen-bond donors (Lipinski definition) is 1. The molecule has 0 bridgehead atoms. The van der Waals surface area contributed by atoms with Gasteiger partial charge in [0.15, 0.2) is 10.9 Å². The van der Waals surface area contributed by atoms with Crippen molar-refractivity contribution in [3.63, 3.8) is 0 Å². The largest absolute Gasteiger partial charge is 0.483 e. The molecule has 5 nitrogen and oxygen atoms in total. The number of rotatable bonds is 5. The highest BCUT2D eigenvalue weighted by Crippen LogP contribution is 2.23. The Bertz CT molecular complexity index is 572. The summed E-state index contributed by atoms with van der Waals surface area (Å²) >= 11 is 2.83. The number of hydrogen-bond acceptors (Lipinski definition) is 6. The van der Waals surface area contributed by atoms with Gasteiger partial charge in [0.2, 0.25) is 5.13 Å². The summed E-state index contributed by atoms with van der Waals surface area (Å²) < 4.78 is 6.26. The average molecular weight is 295 g/mol. The monoisotopic (exact) mass is 295 g/mol. The second-order valence-corrected chi connectivity index (χ2v) is 5.71. The smallest absolute Gasteiger partial charge is 0.264 e. The van der Waals surface area contributed by atoms with Crippen LogP contribution < -0.4 is 10.1 Å². The fraction of sp³-hybridized carbons (Fsp3) is 0.250. The van der Waals surface area contributed by atoms with Crippen molar-refractivity contribution in [3.05, 3.63) is 29.8 Å². The molecular weight excluding hydrogens is 282 g/mol. The number of benzene rings is 1. The van der Waals surface area contributed by atoms with Gasteiger partial charge in [0.05, 0.1) is 0 Å². The molecule has 0 aliphatic carbocycles. The Balaban J connectivity index is 1.86. The van der Waals surface area contributed by atoms with E-state index in [0.717, 1.165) is 9.90 Å². The maximum absolute atomic E-state index is 11.7. The normalized spacial score (nSPS) is 10.2. The van der Waals surface area contributed by atoms with Crippen LogP contribution in [0.25, 0.3) is 0 Å². The third kappa shape index (κ3) is 3.93. The van der Waals surface area contributed by atoms with E-state index >= 15 is 0 Å². The first-order chi connectivity index (χ1) is 9.19. The number of ether oxygens (including phenoxy) is 1. The van der Waals surface area contributed by atoms with Gasteiger partial charge in [-0.05, 0) is 24.8 Å². The predicted molar refractivity (Wildman–Crippen MR) is 77.0 cm³/mol. The summed E-state index contributed by atoms with van der Waals surface area (Å²) in [5, 5.41) is 10.9. The molecule has 0 fully saturated rings. The lowest BCUT2D eigenvalue weighted by Gasteiger charge is -2.07. The molecule has 1 aromatic heterocycles. The lowest BCUT2D eigenvalue weighted by Crippen LogP contribution is -2.20. The molecule has 0 radical (unpaired) electrons. The van der Waals surface area contributed by atoms with Crippen LogP contribution in [-0.4, -0.2) is 29.0 Å². The van der Waals surface area contributed by atoms with Crippen molar-refractivity contribution in [1.29, 1.82) is 0 Å². The SMILES string of the molecule is CSc1nnc(NC(=O)COc2ccccc2C)s1. The van der Waals surface area contributed by atoms with Crippen molar-refractivity contribution < 1.29 is 9.53 Å². The Kier molecular flexibility index (Phi) is 4.75. The topological polar surface area (TPSA) is 64.1 Å². The molecule has 2 rings (SSSR count). The zero-order valence-corrected chi connectivity index (χ0v) is 12.2. The van der Waals surface area contributed by atoms with Crippen molar-refractivity contribution in [1.82, 2.24) is 10.2 Å². The van der Waals surface area contributed by atoms with Gasteiger partial charge in [-0.25, -0.2) is 0 Å². The minimum Gasteiger partial charge on any atom is -0.483 e. The first kappa shape index (κ1) is 13.8. The minimum absolute atomic E-state index is 0.0426. The zero-order valence-electron chi connectivity index (χ0n) is 10.5. The summed E-state index contributed by atoms with van der Waals surface area (Å²) in [6.07, 6.45) is 1.91. The van der Waals surface area contributed by atoms with E-state index in [9.17, 15) is 4.79 Å².